The smallest absolute Gasteiger partial charge is 0.0619 e. The highest BCUT2D eigenvalue weighted by molar-refractivity contribution is 4.82. The third-order valence-electron chi connectivity index (χ3n) is 4.29. The maximum Gasteiger partial charge on any atom is 0.0619 e. The van der Waals surface area contributed by atoms with Crippen molar-refractivity contribution >= 4 is 0 Å². The maximum atomic E-state index is 9.42. The second kappa shape index (κ2) is 6.38. The van der Waals surface area contributed by atoms with Crippen LogP contribution < -0.4 is 0 Å². The molecule has 2 aliphatic carbocycles. The van der Waals surface area contributed by atoms with Gasteiger partial charge < -0.3 is 10.2 Å². The highest BCUT2D eigenvalue weighted by Gasteiger charge is 2.30. The molecule has 2 heteroatoms. The molecule has 18 heavy (non-hydrogen) atoms. The summed E-state index contributed by atoms with van der Waals surface area (Å²) in [6, 6.07) is 0. The van der Waals surface area contributed by atoms with Crippen LogP contribution >= 0.6 is 0 Å². The molecule has 2 atom stereocenters. The fraction of sp³-hybridized carbons (Fsp3) is 1.00. The minimum absolute atomic E-state index is 0.0428. The number of aliphatic hydroxyl groups is 2. The fourth-order valence-corrected chi connectivity index (χ4v) is 3.61. The largest absolute Gasteiger partial charge is 0.393 e. The van der Waals surface area contributed by atoms with Crippen molar-refractivity contribution in [3.63, 3.8) is 0 Å². The van der Waals surface area contributed by atoms with Gasteiger partial charge in [0, 0.05) is 0 Å². The van der Waals surface area contributed by atoms with Gasteiger partial charge in [-0.1, -0.05) is 40.0 Å². The van der Waals surface area contributed by atoms with Gasteiger partial charge in [0.2, 0.25) is 0 Å². The SMILES string of the molecule is CC1(O)CCCCC1.CC1CC(O)CC(C)(C)C1. The minimum Gasteiger partial charge on any atom is -0.393 e. The molecule has 2 fully saturated rings. The van der Waals surface area contributed by atoms with Crippen LogP contribution in [-0.2, 0) is 0 Å². The number of hydrogen-bond acceptors (Lipinski definition) is 2. The predicted molar refractivity (Wildman–Crippen MR) is 76.5 cm³/mol. The van der Waals surface area contributed by atoms with E-state index >= 15 is 0 Å². The monoisotopic (exact) mass is 256 g/mol. The number of rotatable bonds is 0. The minimum atomic E-state index is -0.321. The van der Waals surface area contributed by atoms with Crippen molar-refractivity contribution in [3.05, 3.63) is 0 Å². The normalized spacial score (nSPS) is 34.3. The average molecular weight is 256 g/mol. The zero-order valence-corrected chi connectivity index (χ0v) is 12.7. The van der Waals surface area contributed by atoms with Crippen LogP contribution in [0.25, 0.3) is 0 Å². The summed E-state index contributed by atoms with van der Waals surface area (Å²) in [5.41, 5.74) is 0.0509. The molecule has 0 heterocycles. The Hall–Kier alpha value is -0.0800. The Kier molecular flexibility index (Phi) is 5.67. The van der Waals surface area contributed by atoms with E-state index in [0.717, 1.165) is 25.7 Å². The topological polar surface area (TPSA) is 40.5 Å². The van der Waals surface area contributed by atoms with Crippen LogP contribution in [0.5, 0.6) is 0 Å². The molecule has 0 aliphatic heterocycles. The van der Waals surface area contributed by atoms with Crippen LogP contribution in [0, 0.1) is 11.3 Å². The third kappa shape index (κ3) is 6.19. The molecule has 0 amide bonds. The van der Waals surface area contributed by atoms with Gasteiger partial charge in [-0.05, 0) is 50.4 Å². The van der Waals surface area contributed by atoms with E-state index < -0.39 is 0 Å². The van der Waals surface area contributed by atoms with Crippen molar-refractivity contribution in [1.82, 2.24) is 0 Å². The van der Waals surface area contributed by atoms with Gasteiger partial charge in [-0.3, -0.25) is 0 Å². The molecule has 0 radical (unpaired) electrons. The molecule has 2 N–H and O–H groups in total. The van der Waals surface area contributed by atoms with Crippen LogP contribution in [-0.4, -0.2) is 21.9 Å². The van der Waals surface area contributed by atoms with Crippen molar-refractivity contribution in [2.45, 2.75) is 90.8 Å². The zero-order chi connectivity index (χ0) is 13.8. The summed E-state index contributed by atoms with van der Waals surface area (Å²) in [5, 5.41) is 18.8. The van der Waals surface area contributed by atoms with Gasteiger partial charge in [0.05, 0.1) is 11.7 Å². The van der Waals surface area contributed by atoms with Gasteiger partial charge in [-0.25, -0.2) is 0 Å². The Morgan fingerprint density at radius 3 is 1.83 bits per heavy atom. The lowest BCUT2D eigenvalue weighted by molar-refractivity contribution is 0.0225. The molecule has 2 nitrogen and oxygen atoms in total. The van der Waals surface area contributed by atoms with Gasteiger partial charge in [0.15, 0.2) is 0 Å². The lowest BCUT2D eigenvalue weighted by Crippen LogP contribution is -2.30. The molecule has 2 saturated carbocycles. The summed E-state index contributed by atoms with van der Waals surface area (Å²) in [6.45, 7) is 8.65. The van der Waals surface area contributed by atoms with Gasteiger partial charge in [0.1, 0.15) is 0 Å². The van der Waals surface area contributed by atoms with Gasteiger partial charge in [0.25, 0.3) is 0 Å². The molecule has 0 aromatic heterocycles. The van der Waals surface area contributed by atoms with E-state index in [9.17, 15) is 10.2 Å². The Balaban J connectivity index is 0.000000184. The van der Waals surface area contributed by atoms with E-state index in [-0.39, 0.29) is 11.7 Å². The summed E-state index contributed by atoms with van der Waals surface area (Å²) in [4.78, 5) is 0. The van der Waals surface area contributed by atoms with E-state index in [4.69, 9.17) is 0 Å². The van der Waals surface area contributed by atoms with Gasteiger partial charge in [-0.2, -0.15) is 0 Å². The summed E-state index contributed by atoms with van der Waals surface area (Å²) in [5.74, 6) is 0.707. The van der Waals surface area contributed by atoms with Crippen LogP contribution in [0.2, 0.25) is 0 Å². The van der Waals surface area contributed by atoms with Crippen molar-refractivity contribution in [2.24, 2.45) is 11.3 Å². The highest BCUT2D eigenvalue weighted by atomic mass is 16.3. The summed E-state index contributed by atoms with van der Waals surface area (Å²) >= 11 is 0. The second-order valence-corrected chi connectivity index (χ2v) is 7.62. The standard InChI is InChI=1S/C9H18O.C7H14O/c1-7-4-8(10)6-9(2,3)5-7;1-7(8)5-3-2-4-6-7/h7-8,10H,4-6H2,1-3H3;8H,2-6H2,1H3. The van der Waals surface area contributed by atoms with Crippen LogP contribution in [0.1, 0.15) is 79.1 Å². The van der Waals surface area contributed by atoms with Crippen molar-refractivity contribution < 1.29 is 10.2 Å². The molecule has 2 unspecified atom stereocenters. The van der Waals surface area contributed by atoms with E-state index in [1.54, 1.807) is 0 Å². The molecule has 0 saturated heterocycles. The molecule has 2 rings (SSSR count). The maximum absolute atomic E-state index is 9.42. The first-order chi connectivity index (χ1) is 8.20. The molecular formula is C16H32O2. The van der Waals surface area contributed by atoms with Gasteiger partial charge in [-0.15, -0.1) is 0 Å². The first-order valence-corrected chi connectivity index (χ1v) is 7.61. The molecule has 0 bridgehead atoms. The Morgan fingerprint density at radius 2 is 1.50 bits per heavy atom. The Morgan fingerprint density at radius 1 is 0.944 bits per heavy atom. The molecule has 0 aromatic carbocycles. The van der Waals surface area contributed by atoms with E-state index in [2.05, 4.69) is 20.8 Å². The first-order valence-electron chi connectivity index (χ1n) is 7.61. The van der Waals surface area contributed by atoms with Crippen LogP contribution in [0.4, 0.5) is 0 Å². The summed E-state index contributed by atoms with van der Waals surface area (Å²) in [7, 11) is 0. The number of aliphatic hydroxyl groups excluding tert-OH is 1. The summed E-state index contributed by atoms with van der Waals surface area (Å²) < 4.78 is 0. The lowest BCUT2D eigenvalue weighted by Gasteiger charge is -2.36. The Bertz CT molecular complexity index is 225. The molecule has 0 spiro atoms. The lowest BCUT2D eigenvalue weighted by atomic mass is 9.72. The first kappa shape index (κ1) is 16.0. The predicted octanol–water partition coefficient (Wildman–Crippen LogP) is 3.90. The fourth-order valence-electron chi connectivity index (χ4n) is 3.61. The number of hydrogen-bond donors (Lipinski definition) is 2. The third-order valence-corrected chi connectivity index (χ3v) is 4.29. The van der Waals surface area contributed by atoms with E-state index in [1.165, 1.54) is 25.7 Å². The van der Waals surface area contributed by atoms with Crippen LogP contribution in [0.15, 0.2) is 0 Å². The van der Waals surface area contributed by atoms with Gasteiger partial charge >= 0.3 is 0 Å². The van der Waals surface area contributed by atoms with Crippen molar-refractivity contribution in [3.8, 4) is 0 Å². The second-order valence-electron chi connectivity index (χ2n) is 7.62. The quantitative estimate of drug-likeness (QED) is 0.690. The van der Waals surface area contributed by atoms with E-state index in [1.807, 2.05) is 6.92 Å². The van der Waals surface area contributed by atoms with E-state index in [0.29, 0.717) is 11.3 Å². The molecule has 2 aliphatic rings. The average Bonchev–Trinajstić information content (AvgIpc) is 2.13. The highest BCUT2D eigenvalue weighted by Crippen LogP contribution is 2.38. The van der Waals surface area contributed by atoms with Crippen molar-refractivity contribution in [1.29, 1.82) is 0 Å². The van der Waals surface area contributed by atoms with Crippen molar-refractivity contribution in [2.75, 3.05) is 0 Å². The molecule has 108 valence electrons. The van der Waals surface area contributed by atoms with Crippen LogP contribution in [0.3, 0.4) is 0 Å². The summed E-state index contributed by atoms with van der Waals surface area (Å²) in [6.07, 6.45) is 8.97. The Labute approximate surface area is 113 Å². The molecule has 0 aromatic rings. The molecular weight excluding hydrogens is 224 g/mol. The zero-order valence-electron chi connectivity index (χ0n) is 12.7.